The van der Waals surface area contributed by atoms with Crippen molar-refractivity contribution in [2.24, 2.45) is 0 Å². The second-order valence-electron chi connectivity index (χ2n) is 7.95. The summed E-state index contributed by atoms with van der Waals surface area (Å²) in [6, 6.07) is 11.8. The number of fused-ring (bicyclic) bond motifs is 5. The summed E-state index contributed by atoms with van der Waals surface area (Å²) in [5, 5.41) is 4.59. The molecular weight excluding hydrogens is 370 g/mol. The number of nitrogens with zero attached hydrogens (tertiary/aromatic N) is 2. The molecule has 3 atom stereocenters. The first-order chi connectivity index (χ1) is 13.7. The third-order valence-electron chi connectivity index (χ3n) is 5.89. The van der Waals surface area contributed by atoms with Gasteiger partial charge in [-0.15, -0.1) is 11.3 Å². The molecule has 0 unspecified atom stereocenters. The highest BCUT2D eigenvalue weighted by Crippen LogP contribution is 2.40. The van der Waals surface area contributed by atoms with Crippen LogP contribution in [0.2, 0.25) is 0 Å². The molecule has 3 aromatic rings. The zero-order valence-electron chi connectivity index (χ0n) is 15.6. The van der Waals surface area contributed by atoms with Gasteiger partial charge < -0.3 is 14.8 Å². The molecule has 6 heteroatoms. The van der Waals surface area contributed by atoms with E-state index in [0.717, 1.165) is 29.0 Å². The van der Waals surface area contributed by atoms with Crippen molar-refractivity contribution in [1.29, 1.82) is 0 Å². The van der Waals surface area contributed by atoms with E-state index in [1.165, 1.54) is 22.4 Å². The number of piperidine rings is 1. The summed E-state index contributed by atoms with van der Waals surface area (Å²) >= 11 is 1.71. The summed E-state index contributed by atoms with van der Waals surface area (Å²) in [6.45, 7) is 2.60. The Labute approximate surface area is 167 Å². The number of hydrogen-bond donors (Lipinski definition) is 1. The summed E-state index contributed by atoms with van der Waals surface area (Å²) in [7, 11) is 0. The topological polar surface area (TPSA) is 56.3 Å². The Kier molecular flexibility index (Phi) is 3.71. The van der Waals surface area contributed by atoms with Gasteiger partial charge in [0.15, 0.2) is 0 Å². The average Bonchev–Trinajstić information content (AvgIpc) is 3.13. The van der Waals surface area contributed by atoms with Gasteiger partial charge in [-0.3, -0.25) is 0 Å². The SMILES string of the molecule is Cc1cnc(-c2ccc3c(c2)COc2nc(O[C@@H]4C[C@H]5C[C@@H](C4)N5)ccc2-3)s1. The fourth-order valence-electron chi connectivity index (χ4n) is 4.53. The van der Waals surface area contributed by atoms with Gasteiger partial charge >= 0.3 is 0 Å². The number of nitrogens with one attached hydrogen (secondary N) is 1. The molecule has 0 amide bonds. The van der Waals surface area contributed by atoms with Crippen LogP contribution >= 0.6 is 11.3 Å². The van der Waals surface area contributed by atoms with Crippen molar-refractivity contribution in [3.8, 4) is 33.5 Å². The van der Waals surface area contributed by atoms with Crippen LogP contribution in [0.3, 0.4) is 0 Å². The minimum Gasteiger partial charge on any atom is -0.474 e. The number of pyridine rings is 1. The highest BCUT2D eigenvalue weighted by atomic mass is 32.1. The largest absolute Gasteiger partial charge is 0.474 e. The van der Waals surface area contributed by atoms with E-state index in [1.807, 2.05) is 12.3 Å². The highest BCUT2D eigenvalue weighted by Gasteiger charge is 2.38. The molecule has 1 saturated carbocycles. The molecule has 0 radical (unpaired) electrons. The Morgan fingerprint density at radius 2 is 1.93 bits per heavy atom. The van der Waals surface area contributed by atoms with Crippen molar-refractivity contribution < 1.29 is 9.47 Å². The molecule has 3 fully saturated rings. The lowest BCUT2D eigenvalue weighted by Crippen LogP contribution is -2.60. The first-order valence-electron chi connectivity index (χ1n) is 9.84. The van der Waals surface area contributed by atoms with Crippen molar-refractivity contribution in [1.82, 2.24) is 15.3 Å². The lowest BCUT2D eigenvalue weighted by molar-refractivity contribution is 0.0521. The van der Waals surface area contributed by atoms with E-state index in [2.05, 4.69) is 46.5 Å². The van der Waals surface area contributed by atoms with Crippen LogP contribution in [0.5, 0.6) is 11.8 Å². The van der Waals surface area contributed by atoms with Gasteiger partial charge in [0, 0.05) is 40.4 Å². The molecule has 2 saturated heterocycles. The number of benzene rings is 1. The van der Waals surface area contributed by atoms with Gasteiger partial charge in [-0.2, -0.15) is 4.98 Å². The monoisotopic (exact) mass is 391 g/mol. The maximum absolute atomic E-state index is 6.15. The van der Waals surface area contributed by atoms with Gasteiger partial charge in [-0.1, -0.05) is 12.1 Å². The molecule has 0 spiro atoms. The normalized spacial score (nSPS) is 24.5. The molecule has 1 aliphatic carbocycles. The van der Waals surface area contributed by atoms with Crippen LogP contribution in [0.25, 0.3) is 21.7 Å². The first kappa shape index (κ1) is 16.5. The van der Waals surface area contributed by atoms with E-state index in [0.29, 0.717) is 30.5 Å². The Morgan fingerprint density at radius 3 is 2.71 bits per heavy atom. The minimum atomic E-state index is 0.260. The van der Waals surface area contributed by atoms with Crippen molar-refractivity contribution in [3.63, 3.8) is 0 Å². The van der Waals surface area contributed by atoms with Crippen LogP contribution in [-0.2, 0) is 6.61 Å². The molecule has 5 heterocycles. The van der Waals surface area contributed by atoms with E-state index >= 15 is 0 Å². The van der Waals surface area contributed by atoms with Gasteiger partial charge in [0.05, 0.1) is 0 Å². The number of aromatic nitrogens is 2. The van der Waals surface area contributed by atoms with Gasteiger partial charge in [0.2, 0.25) is 11.8 Å². The highest BCUT2D eigenvalue weighted by molar-refractivity contribution is 7.14. The predicted octanol–water partition coefficient (Wildman–Crippen LogP) is 4.34. The average molecular weight is 391 g/mol. The molecular formula is C22H21N3O2S. The third-order valence-corrected chi connectivity index (χ3v) is 6.85. The van der Waals surface area contributed by atoms with E-state index in [4.69, 9.17) is 9.47 Å². The molecule has 7 rings (SSSR count). The van der Waals surface area contributed by atoms with E-state index < -0.39 is 0 Å². The lowest BCUT2D eigenvalue weighted by atomic mass is 9.81. The van der Waals surface area contributed by atoms with Crippen molar-refractivity contribution >= 4 is 11.3 Å². The van der Waals surface area contributed by atoms with Gasteiger partial charge in [-0.05, 0) is 49.4 Å². The third kappa shape index (κ3) is 2.79. The van der Waals surface area contributed by atoms with Crippen molar-refractivity contribution in [2.45, 2.75) is 51.0 Å². The predicted molar refractivity (Wildman–Crippen MR) is 109 cm³/mol. The Balaban J connectivity index is 1.27. The van der Waals surface area contributed by atoms with Crippen LogP contribution in [0.4, 0.5) is 0 Å². The summed E-state index contributed by atoms with van der Waals surface area (Å²) in [4.78, 5) is 10.4. The molecule has 142 valence electrons. The quantitative estimate of drug-likeness (QED) is 0.720. The van der Waals surface area contributed by atoms with Crippen molar-refractivity contribution in [2.75, 3.05) is 0 Å². The molecule has 1 N–H and O–H groups in total. The maximum Gasteiger partial charge on any atom is 0.225 e. The molecule has 5 nitrogen and oxygen atoms in total. The zero-order chi connectivity index (χ0) is 18.7. The maximum atomic E-state index is 6.15. The molecule has 2 aromatic heterocycles. The van der Waals surface area contributed by atoms with Gasteiger partial charge in [0.25, 0.3) is 0 Å². The fraction of sp³-hybridized carbons (Fsp3) is 0.364. The fourth-order valence-corrected chi connectivity index (χ4v) is 5.29. The zero-order valence-corrected chi connectivity index (χ0v) is 16.5. The summed E-state index contributed by atoms with van der Waals surface area (Å²) in [5.41, 5.74) is 4.53. The van der Waals surface area contributed by atoms with Crippen LogP contribution < -0.4 is 14.8 Å². The number of thiazole rings is 1. The van der Waals surface area contributed by atoms with Crippen LogP contribution in [0.15, 0.2) is 36.5 Å². The Bertz CT molecular complexity index is 1050. The molecule has 3 aliphatic heterocycles. The molecule has 4 aliphatic rings. The summed E-state index contributed by atoms with van der Waals surface area (Å²) < 4.78 is 12.1. The molecule has 1 aromatic carbocycles. The second kappa shape index (κ2) is 6.29. The van der Waals surface area contributed by atoms with Crippen LogP contribution in [0.1, 0.15) is 29.7 Å². The lowest BCUT2D eigenvalue weighted by Gasteiger charge is -2.46. The van der Waals surface area contributed by atoms with E-state index in [-0.39, 0.29) is 6.10 Å². The van der Waals surface area contributed by atoms with Gasteiger partial charge in [-0.25, -0.2) is 4.98 Å². The second-order valence-corrected chi connectivity index (χ2v) is 9.18. The summed E-state index contributed by atoms with van der Waals surface area (Å²) in [6.07, 6.45) is 5.61. The number of rotatable bonds is 3. The number of ether oxygens (including phenoxy) is 2. The van der Waals surface area contributed by atoms with Gasteiger partial charge in [0.1, 0.15) is 17.7 Å². The van der Waals surface area contributed by atoms with E-state index in [9.17, 15) is 0 Å². The molecule has 2 bridgehead atoms. The van der Waals surface area contributed by atoms with E-state index in [1.54, 1.807) is 11.3 Å². The van der Waals surface area contributed by atoms with Crippen LogP contribution in [-0.4, -0.2) is 28.2 Å². The number of hydrogen-bond acceptors (Lipinski definition) is 6. The summed E-state index contributed by atoms with van der Waals surface area (Å²) in [5.74, 6) is 1.34. The first-order valence-corrected chi connectivity index (χ1v) is 10.7. The van der Waals surface area contributed by atoms with Crippen molar-refractivity contribution in [3.05, 3.63) is 47.0 Å². The minimum absolute atomic E-state index is 0.260. The number of aryl methyl sites for hydroxylation is 1. The van der Waals surface area contributed by atoms with Crippen LogP contribution in [0, 0.1) is 6.92 Å². The smallest absolute Gasteiger partial charge is 0.225 e. The standard InChI is InChI=1S/C22H21N3O2S/c1-12-10-23-22(28-12)13-2-3-18-14(6-13)11-26-21-19(18)4-5-20(25-21)27-17-8-15-7-16(9-17)24-15/h2-6,10,15-17,24H,7-9,11H2,1H3/t15-,16+,17-. The Hall–Kier alpha value is -2.44. The molecule has 28 heavy (non-hydrogen) atoms. The Morgan fingerprint density at radius 1 is 1.11 bits per heavy atom.